The largest absolute Gasteiger partial charge is 0.388 e. The van der Waals surface area contributed by atoms with Crippen molar-refractivity contribution < 1.29 is 5.11 Å². The molecule has 0 saturated carbocycles. The van der Waals surface area contributed by atoms with E-state index in [0.717, 1.165) is 12.0 Å². The Labute approximate surface area is 111 Å². The Balaban J connectivity index is 2.07. The Morgan fingerprint density at radius 2 is 1.83 bits per heavy atom. The third kappa shape index (κ3) is 2.95. The molecule has 2 rings (SSSR count). The van der Waals surface area contributed by atoms with Gasteiger partial charge in [-0.3, -0.25) is 0 Å². The third-order valence-corrected chi connectivity index (χ3v) is 4.56. The van der Waals surface area contributed by atoms with E-state index in [-0.39, 0.29) is 11.5 Å². The van der Waals surface area contributed by atoms with E-state index in [1.54, 1.807) is 0 Å². The van der Waals surface area contributed by atoms with E-state index in [2.05, 4.69) is 45.9 Å². The molecule has 0 fully saturated rings. The molecule has 0 bridgehead atoms. The van der Waals surface area contributed by atoms with Crippen molar-refractivity contribution in [2.24, 2.45) is 11.3 Å². The molecule has 0 saturated heterocycles. The molecule has 0 spiro atoms. The van der Waals surface area contributed by atoms with Gasteiger partial charge in [0.2, 0.25) is 0 Å². The Bertz CT molecular complexity index is 414. The van der Waals surface area contributed by atoms with Gasteiger partial charge < -0.3 is 5.11 Å². The molecule has 1 N–H and O–H groups in total. The monoisotopic (exact) mass is 246 g/mol. The first kappa shape index (κ1) is 13.6. The van der Waals surface area contributed by atoms with Crippen molar-refractivity contribution in [3.63, 3.8) is 0 Å². The van der Waals surface area contributed by atoms with E-state index in [1.165, 1.54) is 30.4 Å². The van der Waals surface area contributed by atoms with Crippen molar-refractivity contribution in [3.05, 3.63) is 34.9 Å². The molecule has 0 aliphatic heterocycles. The molecule has 0 heterocycles. The minimum Gasteiger partial charge on any atom is -0.388 e. The highest BCUT2D eigenvalue weighted by Crippen LogP contribution is 2.34. The number of aliphatic hydroxyl groups excluding tert-OH is 1. The average Bonchev–Trinajstić information content (AvgIpc) is 2.74. The zero-order valence-corrected chi connectivity index (χ0v) is 12.2. The standard InChI is InChI=1S/C17H26O/c1-12(17(2,3)4)10-16(18)15-9-8-13-6-5-7-14(13)11-15/h8-9,11-12,16,18H,5-7,10H2,1-4H3. The fourth-order valence-corrected chi connectivity index (χ4v) is 2.62. The summed E-state index contributed by atoms with van der Waals surface area (Å²) in [5, 5.41) is 10.4. The van der Waals surface area contributed by atoms with Gasteiger partial charge in [-0.2, -0.15) is 0 Å². The van der Waals surface area contributed by atoms with Crippen molar-refractivity contribution in [3.8, 4) is 0 Å². The lowest BCUT2D eigenvalue weighted by molar-refractivity contribution is 0.111. The second-order valence-electron chi connectivity index (χ2n) is 6.90. The maximum atomic E-state index is 10.4. The van der Waals surface area contributed by atoms with Gasteiger partial charge in [0, 0.05) is 0 Å². The third-order valence-electron chi connectivity index (χ3n) is 4.56. The summed E-state index contributed by atoms with van der Waals surface area (Å²) in [4.78, 5) is 0. The predicted octanol–water partition coefficient (Wildman–Crippen LogP) is 4.28. The number of fused-ring (bicyclic) bond motifs is 1. The molecule has 0 aromatic heterocycles. The molecule has 2 unspecified atom stereocenters. The highest BCUT2D eigenvalue weighted by molar-refractivity contribution is 5.36. The van der Waals surface area contributed by atoms with Crippen LogP contribution in [-0.4, -0.2) is 5.11 Å². The summed E-state index contributed by atoms with van der Waals surface area (Å²) in [7, 11) is 0. The highest BCUT2D eigenvalue weighted by atomic mass is 16.3. The Morgan fingerprint density at radius 1 is 1.17 bits per heavy atom. The Kier molecular flexibility index (Phi) is 3.82. The van der Waals surface area contributed by atoms with E-state index >= 15 is 0 Å². The van der Waals surface area contributed by atoms with Gasteiger partial charge in [-0.15, -0.1) is 0 Å². The van der Waals surface area contributed by atoms with E-state index < -0.39 is 0 Å². The van der Waals surface area contributed by atoms with Crippen molar-refractivity contribution in [2.45, 2.75) is 59.5 Å². The number of benzene rings is 1. The normalized spacial score (nSPS) is 18.5. The molecule has 100 valence electrons. The molecule has 1 nitrogen and oxygen atoms in total. The molecule has 1 aromatic rings. The molecule has 18 heavy (non-hydrogen) atoms. The number of hydrogen-bond acceptors (Lipinski definition) is 1. The summed E-state index contributed by atoms with van der Waals surface area (Å²) in [6, 6.07) is 6.55. The van der Waals surface area contributed by atoms with Crippen molar-refractivity contribution >= 4 is 0 Å². The van der Waals surface area contributed by atoms with Crippen molar-refractivity contribution in [1.82, 2.24) is 0 Å². The lowest BCUT2D eigenvalue weighted by Crippen LogP contribution is -2.19. The number of aliphatic hydroxyl groups is 1. The van der Waals surface area contributed by atoms with Gasteiger partial charge in [0.1, 0.15) is 0 Å². The fraction of sp³-hybridized carbons (Fsp3) is 0.647. The number of aryl methyl sites for hydroxylation is 2. The Hall–Kier alpha value is -0.820. The molecule has 0 radical (unpaired) electrons. The van der Waals surface area contributed by atoms with Gasteiger partial charge >= 0.3 is 0 Å². The molecular weight excluding hydrogens is 220 g/mol. The molecular formula is C17H26O. The SMILES string of the molecule is CC(CC(O)c1ccc2c(c1)CCC2)C(C)(C)C. The summed E-state index contributed by atoms with van der Waals surface area (Å²) >= 11 is 0. The summed E-state index contributed by atoms with van der Waals surface area (Å²) in [6.45, 7) is 8.96. The summed E-state index contributed by atoms with van der Waals surface area (Å²) < 4.78 is 0. The van der Waals surface area contributed by atoms with Gasteiger partial charge in [0.05, 0.1) is 6.10 Å². The molecule has 1 aliphatic rings. The van der Waals surface area contributed by atoms with Crippen LogP contribution in [0.15, 0.2) is 18.2 Å². The van der Waals surface area contributed by atoms with Crippen LogP contribution < -0.4 is 0 Å². The van der Waals surface area contributed by atoms with Crippen LogP contribution >= 0.6 is 0 Å². The summed E-state index contributed by atoms with van der Waals surface area (Å²) in [6.07, 6.45) is 4.20. The van der Waals surface area contributed by atoms with Crippen LogP contribution in [-0.2, 0) is 12.8 Å². The van der Waals surface area contributed by atoms with Crippen LogP contribution in [0, 0.1) is 11.3 Å². The fourth-order valence-electron chi connectivity index (χ4n) is 2.62. The highest BCUT2D eigenvalue weighted by Gasteiger charge is 2.24. The number of hydrogen-bond donors (Lipinski definition) is 1. The average molecular weight is 246 g/mol. The first-order valence-corrected chi connectivity index (χ1v) is 7.17. The smallest absolute Gasteiger partial charge is 0.0792 e. The van der Waals surface area contributed by atoms with Crippen LogP contribution in [0.4, 0.5) is 0 Å². The lowest BCUT2D eigenvalue weighted by Gasteiger charge is -2.29. The van der Waals surface area contributed by atoms with Crippen LogP contribution in [0.2, 0.25) is 0 Å². The summed E-state index contributed by atoms with van der Waals surface area (Å²) in [5.41, 5.74) is 4.30. The van der Waals surface area contributed by atoms with Gasteiger partial charge in [-0.05, 0) is 53.7 Å². The second kappa shape index (κ2) is 5.05. The minimum atomic E-state index is -0.315. The molecule has 1 aliphatic carbocycles. The van der Waals surface area contributed by atoms with E-state index in [0.29, 0.717) is 5.92 Å². The van der Waals surface area contributed by atoms with Crippen LogP contribution in [0.3, 0.4) is 0 Å². The van der Waals surface area contributed by atoms with Crippen LogP contribution in [0.1, 0.15) is 63.3 Å². The van der Waals surface area contributed by atoms with E-state index in [1.807, 2.05) is 0 Å². The van der Waals surface area contributed by atoms with Crippen LogP contribution in [0.5, 0.6) is 0 Å². The second-order valence-corrected chi connectivity index (χ2v) is 6.90. The van der Waals surface area contributed by atoms with Gasteiger partial charge in [-0.1, -0.05) is 45.9 Å². The predicted molar refractivity (Wildman–Crippen MR) is 76.7 cm³/mol. The molecule has 0 amide bonds. The van der Waals surface area contributed by atoms with Crippen molar-refractivity contribution in [1.29, 1.82) is 0 Å². The maximum absolute atomic E-state index is 10.4. The first-order valence-electron chi connectivity index (χ1n) is 7.17. The van der Waals surface area contributed by atoms with Crippen LogP contribution in [0.25, 0.3) is 0 Å². The first-order chi connectivity index (χ1) is 8.38. The topological polar surface area (TPSA) is 20.2 Å². The molecule has 1 aromatic carbocycles. The van der Waals surface area contributed by atoms with E-state index in [4.69, 9.17) is 0 Å². The van der Waals surface area contributed by atoms with Gasteiger partial charge in [-0.25, -0.2) is 0 Å². The van der Waals surface area contributed by atoms with Crippen molar-refractivity contribution in [2.75, 3.05) is 0 Å². The zero-order valence-electron chi connectivity index (χ0n) is 12.2. The molecule has 2 atom stereocenters. The maximum Gasteiger partial charge on any atom is 0.0792 e. The number of rotatable bonds is 3. The Morgan fingerprint density at radius 3 is 2.50 bits per heavy atom. The quantitative estimate of drug-likeness (QED) is 0.844. The van der Waals surface area contributed by atoms with Gasteiger partial charge in [0.25, 0.3) is 0 Å². The lowest BCUT2D eigenvalue weighted by atomic mass is 9.78. The molecule has 1 heteroatoms. The van der Waals surface area contributed by atoms with Gasteiger partial charge in [0.15, 0.2) is 0 Å². The minimum absolute atomic E-state index is 0.262. The zero-order chi connectivity index (χ0) is 13.3. The summed E-state index contributed by atoms with van der Waals surface area (Å²) in [5.74, 6) is 0.515. The van der Waals surface area contributed by atoms with E-state index in [9.17, 15) is 5.11 Å².